The van der Waals surface area contributed by atoms with Crippen LogP contribution in [0.15, 0.2) is 59.1 Å². The van der Waals surface area contributed by atoms with Gasteiger partial charge in [0, 0.05) is 16.1 Å². The second-order valence-corrected chi connectivity index (χ2v) is 5.84. The van der Waals surface area contributed by atoms with Crippen molar-refractivity contribution in [2.75, 3.05) is 0 Å². The van der Waals surface area contributed by atoms with E-state index in [1.807, 2.05) is 24.3 Å². The molecule has 2 N–H and O–H groups in total. The van der Waals surface area contributed by atoms with E-state index in [4.69, 9.17) is 16.0 Å². The Bertz CT molecular complexity index is 768. The summed E-state index contributed by atoms with van der Waals surface area (Å²) in [5, 5.41) is 2.88. The lowest BCUT2D eigenvalue weighted by molar-refractivity contribution is -0.709. The predicted octanol–water partition coefficient (Wildman–Crippen LogP) is 3.96. The average molecular weight is 332 g/mol. The van der Waals surface area contributed by atoms with E-state index in [1.165, 1.54) is 17.7 Å². The summed E-state index contributed by atoms with van der Waals surface area (Å²) in [6.07, 6.45) is 1.67. The lowest BCUT2D eigenvalue weighted by Gasteiger charge is -2.09. The van der Waals surface area contributed by atoms with Crippen LogP contribution in [-0.2, 0) is 6.54 Å². The van der Waals surface area contributed by atoms with Crippen LogP contribution in [0.4, 0.5) is 4.39 Å². The molecule has 0 aliphatic heterocycles. The predicted molar refractivity (Wildman–Crippen MR) is 87.4 cm³/mol. The molecule has 0 amide bonds. The topological polar surface area (TPSA) is 42.6 Å². The molecule has 0 fully saturated rings. The second kappa shape index (κ2) is 6.94. The van der Waals surface area contributed by atoms with E-state index in [2.05, 4.69) is 17.2 Å². The van der Waals surface area contributed by atoms with Crippen molar-refractivity contribution in [2.24, 2.45) is 0 Å². The molecular formula is C18H17ClFN2O+. The monoisotopic (exact) mass is 331 g/mol. The van der Waals surface area contributed by atoms with Crippen LogP contribution in [-0.4, -0.2) is 4.98 Å². The maximum Gasteiger partial charge on any atom is 0.250 e. The van der Waals surface area contributed by atoms with Crippen molar-refractivity contribution in [2.45, 2.75) is 19.5 Å². The highest BCUT2D eigenvalue weighted by atomic mass is 35.5. The lowest BCUT2D eigenvalue weighted by Crippen LogP contribution is -2.83. The van der Waals surface area contributed by atoms with Crippen LogP contribution in [0.2, 0.25) is 5.02 Å². The first kappa shape index (κ1) is 15.7. The summed E-state index contributed by atoms with van der Waals surface area (Å²) in [7, 11) is 0. The number of quaternary nitrogens is 1. The molecule has 1 heterocycles. The fraction of sp³-hybridized carbons (Fsp3) is 0.167. The Morgan fingerprint density at radius 1 is 1.13 bits per heavy atom. The molecule has 0 aliphatic rings. The Labute approximate surface area is 139 Å². The highest BCUT2D eigenvalue weighted by Gasteiger charge is 2.12. The minimum Gasteiger partial charge on any atom is -0.435 e. The number of hydrogen-bond donors (Lipinski definition) is 1. The van der Waals surface area contributed by atoms with Crippen LogP contribution in [0, 0.1) is 5.82 Å². The molecule has 5 heteroatoms. The Morgan fingerprint density at radius 2 is 1.83 bits per heavy atom. The van der Waals surface area contributed by atoms with E-state index in [0.29, 0.717) is 18.2 Å². The molecule has 0 radical (unpaired) electrons. The minimum absolute atomic E-state index is 0.265. The zero-order valence-electron chi connectivity index (χ0n) is 12.7. The lowest BCUT2D eigenvalue weighted by atomic mass is 10.1. The van der Waals surface area contributed by atoms with E-state index in [1.54, 1.807) is 18.3 Å². The summed E-state index contributed by atoms with van der Waals surface area (Å²) in [5.41, 5.74) is 2.01. The third-order valence-electron chi connectivity index (χ3n) is 3.72. The van der Waals surface area contributed by atoms with Crippen LogP contribution < -0.4 is 5.32 Å². The van der Waals surface area contributed by atoms with Crippen molar-refractivity contribution < 1.29 is 14.1 Å². The number of aromatic nitrogens is 1. The van der Waals surface area contributed by atoms with Crippen molar-refractivity contribution in [3.8, 4) is 11.3 Å². The molecular weight excluding hydrogens is 315 g/mol. The molecule has 3 rings (SSSR count). The molecule has 1 atom stereocenters. The van der Waals surface area contributed by atoms with Crippen LogP contribution in [0.5, 0.6) is 0 Å². The third-order valence-corrected chi connectivity index (χ3v) is 3.98. The van der Waals surface area contributed by atoms with Gasteiger partial charge in [0.1, 0.15) is 11.9 Å². The highest BCUT2D eigenvalue weighted by Crippen LogP contribution is 2.20. The fourth-order valence-electron chi connectivity index (χ4n) is 2.33. The number of hydrogen-bond acceptors (Lipinski definition) is 2. The summed E-state index contributed by atoms with van der Waals surface area (Å²) >= 11 is 5.90. The maximum atomic E-state index is 12.9. The molecule has 3 aromatic rings. The van der Waals surface area contributed by atoms with Crippen LogP contribution in [0.1, 0.15) is 24.4 Å². The van der Waals surface area contributed by atoms with Crippen LogP contribution in [0.25, 0.3) is 11.3 Å². The zero-order chi connectivity index (χ0) is 16.2. The largest absolute Gasteiger partial charge is 0.435 e. The molecule has 118 valence electrons. The van der Waals surface area contributed by atoms with Crippen molar-refractivity contribution in [1.29, 1.82) is 0 Å². The maximum absolute atomic E-state index is 12.9. The van der Waals surface area contributed by atoms with Gasteiger partial charge in [-0.25, -0.2) is 9.37 Å². The van der Waals surface area contributed by atoms with Crippen LogP contribution >= 0.6 is 11.6 Å². The molecule has 0 saturated heterocycles. The number of rotatable bonds is 5. The van der Waals surface area contributed by atoms with Gasteiger partial charge < -0.3 is 9.73 Å². The Hall–Kier alpha value is -2.17. The average Bonchev–Trinajstić information content (AvgIpc) is 3.03. The molecule has 0 unspecified atom stereocenters. The van der Waals surface area contributed by atoms with E-state index in [0.717, 1.165) is 10.6 Å². The number of benzene rings is 2. The smallest absolute Gasteiger partial charge is 0.250 e. The zero-order valence-corrected chi connectivity index (χ0v) is 13.4. The van der Waals surface area contributed by atoms with Gasteiger partial charge >= 0.3 is 0 Å². The highest BCUT2D eigenvalue weighted by molar-refractivity contribution is 6.30. The van der Waals surface area contributed by atoms with Gasteiger partial charge in [0.05, 0.1) is 6.20 Å². The summed E-state index contributed by atoms with van der Waals surface area (Å²) < 4.78 is 18.7. The Morgan fingerprint density at radius 3 is 2.52 bits per heavy atom. The van der Waals surface area contributed by atoms with Gasteiger partial charge in [-0.1, -0.05) is 23.7 Å². The second-order valence-electron chi connectivity index (χ2n) is 5.41. The van der Waals surface area contributed by atoms with E-state index in [9.17, 15) is 4.39 Å². The van der Waals surface area contributed by atoms with Gasteiger partial charge in [-0.05, 0) is 43.3 Å². The van der Waals surface area contributed by atoms with Crippen molar-refractivity contribution in [3.05, 3.63) is 77.0 Å². The number of oxazole rings is 1. The fourth-order valence-corrected chi connectivity index (χ4v) is 2.46. The van der Waals surface area contributed by atoms with E-state index in [-0.39, 0.29) is 11.9 Å². The quantitative estimate of drug-likeness (QED) is 0.769. The third kappa shape index (κ3) is 3.97. The number of nitrogens with zero attached hydrogens (tertiary/aromatic N) is 1. The summed E-state index contributed by atoms with van der Waals surface area (Å²) in [4.78, 5) is 4.28. The molecule has 0 aliphatic carbocycles. The SMILES string of the molecule is C[C@H]([NH2+]Cc1ncc(-c2ccc(F)cc2)o1)c1ccc(Cl)cc1. The Kier molecular flexibility index (Phi) is 4.74. The minimum atomic E-state index is -0.265. The van der Waals surface area contributed by atoms with Gasteiger partial charge in [-0.2, -0.15) is 0 Å². The van der Waals surface area contributed by atoms with Crippen molar-refractivity contribution in [1.82, 2.24) is 4.98 Å². The van der Waals surface area contributed by atoms with Crippen LogP contribution in [0.3, 0.4) is 0 Å². The molecule has 0 bridgehead atoms. The van der Waals surface area contributed by atoms with Crippen molar-refractivity contribution >= 4 is 11.6 Å². The first-order valence-electron chi connectivity index (χ1n) is 7.41. The number of halogens is 2. The standard InChI is InChI=1S/C18H16ClFN2O/c1-12(13-2-6-15(19)7-3-13)21-11-18-22-10-17(23-18)14-4-8-16(20)9-5-14/h2-10,12,21H,11H2,1H3/p+1/t12-/m0/s1. The van der Waals surface area contributed by atoms with Crippen molar-refractivity contribution in [3.63, 3.8) is 0 Å². The first-order chi connectivity index (χ1) is 11.1. The Balaban J connectivity index is 1.63. The van der Waals surface area contributed by atoms with E-state index < -0.39 is 0 Å². The first-order valence-corrected chi connectivity index (χ1v) is 7.79. The molecule has 2 aromatic carbocycles. The van der Waals surface area contributed by atoms with E-state index >= 15 is 0 Å². The summed E-state index contributed by atoms with van der Waals surface area (Å²) in [5.74, 6) is 1.02. The van der Waals surface area contributed by atoms with Gasteiger partial charge in [0.25, 0.3) is 5.89 Å². The molecule has 0 saturated carbocycles. The molecule has 3 nitrogen and oxygen atoms in total. The normalized spacial score (nSPS) is 12.3. The number of nitrogens with two attached hydrogens (primary N) is 1. The molecule has 0 spiro atoms. The summed E-state index contributed by atoms with van der Waals surface area (Å²) in [6.45, 7) is 2.75. The van der Waals surface area contributed by atoms with Gasteiger partial charge in [0.2, 0.25) is 0 Å². The van der Waals surface area contributed by atoms with Gasteiger partial charge in [-0.15, -0.1) is 0 Å². The van der Waals surface area contributed by atoms with Gasteiger partial charge in [-0.3, -0.25) is 0 Å². The van der Waals surface area contributed by atoms with Gasteiger partial charge in [0.15, 0.2) is 12.3 Å². The molecule has 23 heavy (non-hydrogen) atoms. The summed E-state index contributed by atoms with van der Waals surface area (Å²) in [6, 6.07) is 14.3. The molecule has 1 aromatic heterocycles.